The van der Waals surface area contributed by atoms with Crippen molar-refractivity contribution in [1.82, 2.24) is 0 Å². The van der Waals surface area contributed by atoms with Gasteiger partial charge in [0, 0.05) is 0 Å². The quantitative estimate of drug-likeness (QED) is 0.549. The van der Waals surface area contributed by atoms with Gasteiger partial charge in [-0.1, -0.05) is 30.3 Å². The Kier molecular flexibility index (Phi) is 6.10. The molecule has 2 rings (SSSR count). The molecule has 24 heavy (non-hydrogen) atoms. The molecule has 4 N–H and O–H groups in total. The standard InChI is InChI=1S/C17H20O7/c1-10-12(17(22)23-9-11-5-3-2-4-6-11)7-14(24-10)16(21)15(20)13(19)8-18/h2-7,13,15-16,18-21H,8-9H2,1H3/t13-,15-,16-/m0/s1. The van der Waals surface area contributed by atoms with E-state index in [1.807, 2.05) is 30.3 Å². The number of ether oxygens (including phenoxy) is 1. The van der Waals surface area contributed by atoms with E-state index in [1.165, 1.54) is 13.0 Å². The highest BCUT2D eigenvalue weighted by atomic mass is 16.5. The topological polar surface area (TPSA) is 120 Å². The number of rotatable bonds is 7. The van der Waals surface area contributed by atoms with Gasteiger partial charge < -0.3 is 29.6 Å². The summed E-state index contributed by atoms with van der Waals surface area (Å²) in [4.78, 5) is 12.1. The number of hydrogen-bond acceptors (Lipinski definition) is 7. The number of hydrogen-bond donors (Lipinski definition) is 4. The molecule has 130 valence electrons. The van der Waals surface area contributed by atoms with E-state index in [0.29, 0.717) is 0 Å². The highest BCUT2D eigenvalue weighted by Gasteiger charge is 2.29. The summed E-state index contributed by atoms with van der Waals surface area (Å²) in [5, 5.41) is 37.8. The summed E-state index contributed by atoms with van der Waals surface area (Å²) in [5.74, 6) is -0.511. The number of aliphatic hydroxyl groups excluding tert-OH is 4. The molecule has 7 nitrogen and oxygen atoms in total. The second kappa shape index (κ2) is 8.07. The first kappa shape index (κ1) is 18.2. The van der Waals surface area contributed by atoms with E-state index >= 15 is 0 Å². The SMILES string of the molecule is Cc1oc([C@H](O)[C@@H](O)[C@@H](O)CO)cc1C(=O)OCc1ccccc1. The summed E-state index contributed by atoms with van der Waals surface area (Å²) in [7, 11) is 0. The molecule has 0 saturated heterocycles. The number of aryl methyl sites for hydroxylation is 1. The van der Waals surface area contributed by atoms with Crippen LogP contribution >= 0.6 is 0 Å². The minimum atomic E-state index is -1.64. The number of furan rings is 1. The second-order valence-corrected chi connectivity index (χ2v) is 5.37. The average Bonchev–Trinajstić information content (AvgIpc) is 3.00. The molecular formula is C17H20O7. The molecule has 0 radical (unpaired) electrons. The molecule has 0 aliphatic carbocycles. The van der Waals surface area contributed by atoms with Crippen LogP contribution in [0.2, 0.25) is 0 Å². The largest absolute Gasteiger partial charge is 0.463 e. The fraction of sp³-hybridized carbons (Fsp3) is 0.353. The van der Waals surface area contributed by atoms with Gasteiger partial charge in [-0.15, -0.1) is 0 Å². The molecule has 0 spiro atoms. The molecule has 0 aliphatic heterocycles. The molecule has 7 heteroatoms. The van der Waals surface area contributed by atoms with Crippen LogP contribution in [0.3, 0.4) is 0 Å². The Bertz CT molecular complexity index is 665. The third kappa shape index (κ3) is 4.21. The Hall–Kier alpha value is -2.19. The van der Waals surface area contributed by atoms with Gasteiger partial charge in [0.15, 0.2) is 0 Å². The van der Waals surface area contributed by atoms with Crippen LogP contribution in [0.1, 0.15) is 33.5 Å². The molecule has 0 amide bonds. The van der Waals surface area contributed by atoms with Gasteiger partial charge in [0.1, 0.15) is 42.0 Å². The van der Waals surface area contributed by atoms with E-state index in [0.717, 1.165) is 5.56 Å². The maximum atomic E-state index is 12.1. The lowest BCUT2D eigenvalue weighted by Gasteiger charge is -2.19. The number of aliphatic hydroxyl groups is 4. The van der Waals surface area contributed by atoms with E-state index in [-0.39, 0.29) is 23.7 Å². The van der Waals surface area contributed by atoms with E-state index in [9.17, 15) is 20.1 Å². The van der Waals surface area contributed by atoms with Crippen LogP contribution < -0.4 is 0 Å². The van der Waals surface area contributed by atoms with Crippen LogP contribution in [-0.4, -0.2) is 45.2 Å². The highest BCUT2D eigenvalue weighted by Crippen LogP contribution is 2.25. The molecule has 1 aromatic carbocycles. The Morgan fingerprint density at radius 1 is 1.21 bits per heavy atom. The predicted molar refractivity (Wildman–Crippen MR) is 83.1 cm³/mol. The highest BCUT2D eigenvalue weighted by molar-refractivity contribution is 5.90. The third-order valence-corrected chi connectivity index (χ3v) is 3.57. The Balaban J connectivity index is 2.06. The van der Waals surface area contributed by atoms with Gasteiger partial charge in [-0.3, -0.25) is 0 Å². The number of carbonyl (C=O) groups excluding carboxylic acids is 1. The number of benzene rings is 1. The molecule has 0 fully saturated rings. The molecule has 0 bridgehead atoms. The van der Waals surface area contributed by atoms with Crippen molar-refractivity contribution in [2.24, 2.45) is 0 Å². The fourth-order valence-corrected chi connectivity index (χ4v) is 2.14. The van der Waals surface area contributed by atoms with Crippen LogP contribution in [0.15, 0.2) is 40.8 Å². The van der Waals surface area contributed by atoms with Crippen LogP contribution in [0.25, 0.3) is 0 Å². The van der Waals surface area contributed by atoms with Gasteiger partial charge in [-0.2, -0.15) is 0 Å². The van der Waals surface area contributed by atoms with Crippen molar-refractivity contribution >= 4 is 5.97 Å². The first-order valence-electron chi connectivity index (χ1n) is 7.40. The summed E-state index contributed by atoms with van der Waals surface area (Å²) in [5.41, 5.74) is 0.944. The predicted octanol–water partition coefficient (Wildman–Crippen LogP) is 0.693. The zero-order chi connectivity index (χ0) is 17.7. The van der Waals surface area contributed by atoms with Crippen LogP contribution in [-0.2, 0) is 11.3 Å². The molecule has 0 saturated carbocycles. The van der Waals surface area contributed by atoms with E-state index in [1.54, 1.807) is 0 Å². The smallest absolute Gasteiger partial charge is 0.342 e. The molecule has 1 aromatic heterocycles. The van der Waals surface area contributed by atoms with Crippen molar-refractivity contribution < 1.29 is 34.4 Å². The van der Waals surface area contributed by atoms with E-state index in [4.69, 9.17) is 14.3 Å². The van der Waals surface area contributed by atoms with Crippen molar-refractivity contribution in [1.29, 1.82) is 0 Å². The number of carbonyl (C=O) groups is 1. The van der Waals surface area contributed by atoms with Gasteiger partial charge in [0.2, 0.25) is 0 Å². The van der Waals surface area contributed by atoms with Gasteiger partial charge in [0.05, 0.1) is 6.61 Å². The molecule has 0 unspecified atom stereocenters. The minimum absolute atomic E-state index is 0.0913. The maximum Gasteiger partial charge on any atom is 0.342 e. The van der Waals surface area contributed by atoms with E-state index < -0.39 is 30.9 Å². The zero-order valence-electron chi connectivity index (χ0n) is 13.1. The average molecular weight is 336 g/mol. The van der Waals surface area contributed by atoms with Gasteiger partial charge in [-0.25, -0.2) is 4.79 Å². The molecular weight excluding hydrogens is 316 g/mol. The van der Waals surface area contributed by atoms with Crippen molar-refractivity contribution in [3.63, 3.8) is 0 Å². The van der Waals surface area contributed by atoms with Crippen molar-refractivity contribution in [3.05, 3.63) is 59.0 Å². The van der Waals surface area contributed by atoms with Gasteiger partial charge in [-0.05, 0) is 18.6 Å². The van der Waals surface area contributed by atoms with E-state index in [2.05, 4.69) is 0 Å². The summed E-state index contributed by atoms with van der Waals surface area (Å²) in [6, 6.07) is 10.4. The van der Waals surface area contributed by atoms with Crippen LogP contribution in [0.4, 0.5) is 0 Å². The van der Waals surface area contributed by atoms with Crippen LogP contribution in [0.5, 0.6) is 0 Å². The molecule has 1 heterocycles. The normalized spacial score (nSPS) is 14.9. The van der Waals surface area contributed by atoms with Gasteiger partial charge >= 0.3 is 5.97 Å². The van der Waals surface area contributed by atoms with Crippen molar-refractivity contribution in [3.8, 4) is 0 Å². The lowest BCUT2D eigenvalue weighted by atomic mass is 10.1. The molecule has 0 aliphatic rings. The summed E-state index contributed by atoms with van der Waals surface area (Å²) >= 11 is 0. The first-order valence-corrected chi connectivity index (χ1v) is 7.40. The van der Waals surface area contributed by atoms with Crippen molar-refractivity contribution in [2.45, 2.75) is 31.8 Å². The van der Waals surface area contributed by atoms with Gasteiger partial charge in [0.25, 0.3) is 0 Å². The summed E-state index contributed by atoms with van der Waals surface area (Å²) < 4.78 is 10.4. The lowest BCUT2D eigenvalue weighted by molar-refractivity contribution is -0.0837. The van der Waals surface area contributed by atoms with Crippen molar-refractivity contribution in [2.75, 3.05) is 6.61 Å². The Labute approximate surface area is 138 Å². The number of esters is 1. The summed E-state index contributed by atoms with van der Waals surface area (Å²) in [6.45, 7) is 0.891. The third-order valence-electron chi connectivity index (χ3n) is 3.57. The zero-order valence-corrected chi connectivity index (χ0v) is 13.1. The Morgan fingerprint density at radius 3 is 2.50 bits per heavy atom. The first-order chi connectivity index (χ1) is 11.4. The second-order valence-electron chi connectivity index (χ2n) is 5.37. The summed E-state index contributed by atoms with van der Waals surface area (Å²) in [6.07, 6.45) is -4.76. The van der Waals surface area contributed by atoms with Crippen LogP contribution in [0, 0.1) is 6.92 Å². The monoisotopic (exact) mass is 336 g/mol. The Morgan fingerprint density at radius 2 is 1.88 bits per heavy atom. The molecule has 2 aromatic rings. The fourth-order valence-electron chi connectivity index (χ4n) is 2.14. The maximum absolute atomic E-state index is 12.1. The molecule has 3 atom stereocenters. The minimum Gasteiger partial charge on any atom is -0.463 e. The lowest BCUT2D eigenvalue weighted by Crippen LogP contribution is -2.34.